The molecule has 4 aliphatic carbocycles. The van der Waals surface area contributed by atoms with Crippen LogP contribution in [0.15, 0.2) is 97.1 Å². The summed E-state index contributed by atoms with van der Waals surface area (Å²) in [5.74, 6) is 5.25. The van der Waals surface area contributed by atoms with Crippen LogP contribution in [0.4, 0.5) is 0 Å². The van der Waals surface area contributed by atoms with Crippen molar-refractivity contribution in [3.05, 3.63) is 108 Å². The molecule has 2 heterocycles. The molecule has 6 fully saturated rings. The van der Waals surface area contributed by atoms with Gasteiger partial charge in [0.05, 0.1) is 0 Å². The number of piperidine rings is 2. The van der Waals surface area contributed by atoms with Gasteiger partial charge in [0, 0.05) is 22.2 Å². The Bertz CT molecular complexity index is 1630. The van der Waals surface area contributed by atoms with Crippen LogP contribution < -0.4 is 10.6 Å². The summed E-state index contributed by atoms with van der Waals surface area (Å²) in [6, 6.07) is 35.7. The summed E-state index contributed by atoms with van der Waals surface area (Å²) in [4.78, 5) is 0. The van der Waals surface area contributed by atoms with Crippen molar-refractivity contribution in [2.75, 3.05) is 26.2 Å². The fourth-order valence-corrected chi connectivity index (χ4v) is 16.5. The molecule has 4 bridgehead atoms. The second kappa shape index (κ2) is 17.3. The third kappa shape index (κ3) is 8.30. The molecule has 2 aliphatic heterocycles. The predicted molar refractivity (Wildman–Crippen MR) is 229 cm³/mol. The number of nitrogens with one attached hydrogen (secondary N) is 2. The van der Waals surface area contributed by atoms with Crippen molar-refractivity contribution in [2.45, 2.75) is 101 Å². The van der Waals surface area contributed by atoms with Gasteiger partial charge in [0.2, 0.25) is 0 Å². The maximum atomic E-state index is 3.88. The molecule has 4 aromatic carbocycles. The van der Waals surface area contributed by atoms with Gasteiger partial charge in [-0.25, -0.2) is 0 Å². The average Bonchev–Trinajstić information content (AvgIpc) is 3.88. The van der Waals surface area contributed by atoms with E-state index >= 15 is 0 Å². The van der Waals surface area contributed by atoms with Gasteiger partial charge in [0.15, 0.2) is 0 Å². The minimum Gasteiger partial charge on any atom is -0.748 e. The Hall–Kier alpha value is -1.56. The molecule has 0 radical (unpaired) electrons. The van der Waals surface area contributed by atoms with Crippen molar-refractivity contribution in [1.82, 2.24) is 10.6 Å². The summed E-state index contributed by atoms with van der Waals surface area (Å²) in [6.07, 6.45) is 14.1. The zero-order chi connectivity index (χ0) is 35.7. The van der Waals surface area contributed by atoms with E-state index in [2.05, 4.69) is 107 Å². The first-order valence-electron chi connectivity index (χ1n) is 20.9. The Morgan fingerprint density at radius 3 is 1.66 bits per heavy atom. The standard InChI is InChI=1S/C43H59N2P2.C5H5.Fe/c1-42(2,3)47(41-33-21-29-20-30(23-33)24-34(41)22-29)28-38-39(43(46,35-16-10-18-44-26-35)36-17-11-19-45-27-36)25-37(31-12-6-4-7-13-31)40(38)32-14-8-5-9-15-32;1-2-4-5-3-1;/h4-9,12-15,25,29-30,33-36,41,44-45H,10-11,16-24,26-28,46H2,1-3H3;1-5H;/q-1;-5;. The molecule has 290 valence electrons. The zero-order valence-corrected chi connectivity index (χ0v) is 35.7. The van der Waals surface area contributed by atoms with Gasteiger partial charge >= 0.3 is 0 Å². The van der Waals surface area contributed by atoms with Crippen LogP contribution in [0, 0.1) is 35.5 Å². The molecular formula is C48H64FeN2P2-6. The Morgan fingerprint density at radius 1 is 0.717 bits per heavy atom. The molecule has 4 unspecified atom stereocenters. The second-order valence-corrected chi connectivity index (χ2v) is 22.4. The molecular weight excluding hydrogens is 722 g/mol. The molecule has 2 N–H and O–H groups in total. The quantitative estimate of drug-likeness (QED) is 0.106. The van der Waals surface area contributed by atoms with Crippen molar-refractivity contribution in [2.24, 2.45) is 35.5 Å². The molecule has 10 rings (SSSR count). The fourth-order valence-electron chi connectivity index (χ4n) is 11.9. The van der Waals surface area contributed by atoms with E-state index in [1.807, 2.05) is 30.3 Å². The maximum Gasteiger partial charge on any atom is 0.000583 e. The van der Waals surface area contributed by atoms with Gasteiger partial charge in [-0.15, -0.1) is 39.4 Å². The van der Waals surface area contributed by atoms with Crippen molar-refractivity contribution in [1.29, 1.82) is 0 Å². The zero-order valence-electron chi connectivity index (χ0n) is 32.6. The molecule has 4 saturated carbocycles. The fraction of sp³-hybridized carbons (Fsp3) is 0.542. The van der Waals surface area contributed by atoms with E-state index in [0.29, 0.717) is 17.0 Å². The molecule has 2 nitrogen and oxygen atoms in total. The second-order valence-electron chi connectivity index (χ2n) is 18.3. The van der Waals surface area contributed by atoms with Crippen LogP contribution >= 0.6 is 17.2 Å². The molecule has 2 saturated heterocycles. The number of hydrogen-bond donors (Lipinski definition) is 2. The largest absolute Gasteiger partial charge is 0.748 e. The van der Waals surface area contributed by atoms with E-state index in [1.165, 1.54) is 87.3 Å². The third-order valence-electron chi connectivity index (χ3n) is 14.0. The van der Waals surface area contributed by atoms with Gasteiger partial charge in [-0.3, -0.25) is 0 Å². The molecule has 5 heteroatoms. The van der Waals surface area contributed by atoms with Crippen LogP contribution in [0.5, 0.6) is 0 Å². The summed E-state index contributed by atoms with van der Waals surface area (Å²) in [5.41, 5.74) is 10.1. The van der Waals surface area contributed by atoms with Crippen molar-refractivity contribution >= 4 is 17.2 Å². The molecule has 4 aromatic rings. The summed E-state index contributed by atoms with van der Waals surface area (Å²) >= 11 is 0. The van der Waals surface area contributed by atoms with Crippen LogP contribution in [0.25, 0.3) is 22.3 Å². The average molecular weight is 787 g/mol. The van der Waals surface area contributed by atoms with E-state index in [1.54, 1.807) is 23.1 Å². The Labute approximate surface area is 336 Å². The van der Waals surface area contributed by atoms with E-state index < -0.39 is 0 Å². The van der Waals surface area contributed by atoms with Crippen LogP contribution in [-0.2, 0) is 28.4 Å². The molecule has 0 aromatic heterocycles. The Morgan fingerprint density at radius 2 is 1.21 bits per heavy atom. The van der Waals surface area contributed by atoms with E-state index in [9.17, 15) is 0 Å². The third-order valence-corrected chi connectivity index (χ3v) is 19.2. The number of hydrogen-bond acceptors (Lipinski definition) is 2. The molecule has 4 atom stereocenters. The molecule has 0 spiro atoms. The van der Waals surface area contributed by atoms with Crippen molar-refractivity contribution in [3.63, 3.8) is 0 Å². The first-order valence-corrected chi connectivity index (χ1v) is 23.1. The number of benzene rings is 2. The van der Waals surface area contributed by atoms with Crippen LogP contribution in [0.3, 0.4) is 0 Å². The summed E-state index contributed by atoms with van der Waals surface area (Å²) in [6.45, 7) is 12.5. The molecule has 53 heavy (non-hydrogen) atoms. The minimum absolute atomic E-state index is 0. The van der Waals surface area contributed by atoms with Crippen LogP contribution in [0.2, 0.25) is 0 Å². The van der Waals surface area contributed by atoms with Crippen LogP contribution in [0.1, 0.15) is 89.7 Å². The summed E-state index contributed by atoms with van der Waals surface area (Å²) in [5, 5.41) is 8.13. The van der Waals surface area contributed by atoms with Gasteiger partial charge in [-0.2, -0.15) is 6.07 Å². The SMILES string of the molecule is CC(C)(C)P(C[c-]1c(C(P)(C2CCCNC2)C2CCCNC2)cc(-c2ccccc2)c1-c1ccccc1)C1C2CC3CC(C2)CC1C3.[Fe].[cH-]1[cH-][cH-][cH-][cH-]1. The maximum absolute atomic E-state index is 3.88. The topological polar surface area (TPSA) is 24.1 Å². The van der Waals surface area contributed by atoms with Gasteiger partial charge in [-0.1, -0.05) is 92.6 Å². The van der Waals surface area contributed by atoms with Crippen molar-refractivity contribution < 1.29 is 17.1 Å². The molecule has 0 amide bonds. The first kappa shape index (κ1) is 39.7. The monoisotopic (exact) mass is 786 g/mol. The van der Waals surface area contributed by atoms with Crippen LogP contribution in [-0.4, -0.2) is 37.0 Å². The van der Waals surface area contributed by atoms with E-state index in [4.69, 9.17) is 0 Å². The Kier molecular flexibility index (Phi) is 12.9. The minimum atomic E-state index is -0.229. The Balaban J connectivity index is 0.000000671. The smallest absolute Gasteiger partial charge is 0.000583 e. The van der Waals surface area contributed by atoms with E-state index in [0.717, 1.165) is 42.4 Å². The van der Waals surface area contributed by atoms with Gasteiger partial charge in [0.1, 0.15) is 0 Å². The van der Waals surface area contributed by atoms with E-state index in [-0.39, 0.29) is 30.1 Å². The van der Waals surface area contributed by atoms with Crippen molar-refractivity contribution in [3.8, 4) is 22.3 Å². The van der Waals surface area contributed by atoms with Gasteiger partial charge in [0.25, 0.3) is 0 Å². The summed E-state index contributed by atoms with van der Waals surface area (Å²) in [7, 11) is 3.41. The number of rotatable bonds is 8. The predicted octanol–water partition coefficient (Wildman–Crippen LogP) is 11.8. The van der Waals surface area contributed by atoms with Gasteiger partial charge < -0.3 is 41.0 Å². The summed E-state index contributed by atoms with van der Waals surface area (Å²) < 4.78 is 0. The molecule has 6 aliphatic rings. The normalized spacial score (nSPS) is 29.7. The first-order chi connectivity index (χ1) is 25.3. The van der Waals surface area contributed by atoms with Gasteiger partial charge in [-0.05, 0) is 136 Å².